The fourth-order valence-electron chi connectivity index (χ4n) is 3.27. The summed E-state index contributed by atoms with van der Waals surface area (Å²) in [6.45, 7) is 4.19. The first kappa shape index (κ1) is 17.0. The third kappa shape index (κ3) is 3.34. The van der Waals surface area contributed by atoms with E-state index in [0.717, 1.165) is 22.2 Å². The van der Waals surface area contributed by atoms with E-state index in [0.29, 0.717) is 5.52 Å². The Balaban J connectivity index is 1.83. The number of nitrogens with zero attached hydrogens (tertiary/aromatic N) is 2. The van der Waals surface area contributed by atoms with Crippen LogP contribution in [0.2, 0.25) is 0 Å². The number of rotatable bonds is 4. The van der Waals surface area contributed by atoms with Crippen LogP contribution in [0, 0.1) is 13.8 Å². The number of aromatic hydroxyl groups is 1. The minimum Gasteiger partial charge on any atom is -0.505 e. The molecular weight excluding hydrogens is 334 g/mol. The molecule has 0 aliphatic carbocycles. The van der Waals surface area contributed by atoms with Crippen molar-refractivity contribution in [3.8, 4) is 5.75 Å². The zero-order chi connectivity index (χ0) is 18.8. The molecule has 2 aromatic heterocycles. The second-order valence-electron chi connectivity index (χ2n) is 6.74. The molecule has 4 nitrogen and oxygen atoms in total. The van der Waals surface area contributed by atoms with Crippen LogP contribution in [0.3, 0.4) is 0 Å². The Morgan fingerprint density at radius 2 is 1.70 bits per heavy atom. The van der Waals surface area contributed by atoms with Gasteiger partial charge in [-0.05, 0) is 60.9 Å². The van der Waals surface area contributed by atoms with E-state index in [2.05, 4.69) is 47.3 Å². The number of benzene rings is 2. The number of phenols is 1. The van der Waals surface area contributed by atoms with Gasteiger partial charge in [0.25, 0.3) is 0 Å². The normalized spacial score (nSPS) is 12.1. The van der Waals surface area contributed by atoms with Gasteiger partial charge in [-0.25, -0.2) is 0 Å². The van der Waals surface area contributed by atoms with Crippen molar-refractivity contribution in [2.75, 3.05) is 5.32 Å². The molecule has 2 heterocycles. The highest BCUT2D eigenvalue weighted by atomic mass is 16.3. The first-order chi connectivity index (χ1) is 13.1. The van der Waals surface area contributed by atoms with Gasteiger partial charge < -0.3 is 10.4 Å². The summed E-state index contributed by atoms with van der Waals surface area (Å²) in [6, 6.07) is 17.8. The smallest absolute Gasteiger partial charge is 0.147 e. The number of fused-ring (bicyclic) bond motifs is 1. The van der Waals surface area contributed by atoms with E-state index in [-0.39, 0.29) is 11.8 Å². The molecule has 0 unspecified atom stereocenters. The molecule has 2 aromatic carbocycles. The first-order valence-corrected chi connectivity index (χ1v) is 8.94. The Kier molecular flexibility index (Phi) is 4.47. The summed E-state index contributed by atoms with van der Waals surface area (Å²) in [5, 5.41) is 15.4. The van der Waals surface area contributed by atoms with Crippen molar-refractivity contribution < 1.29 is 5.11 Å². The topological polar surface area (TPSA) is 58.0 Å². The zero-order valence-corrected chi connectivity index (χ0v) is 15.3. The molecular formula is C23H21N3O. The molecule has 0 saturated carbocycles. The largest absolute Gasteiger partial charge is 0.505 e. The maximum Gasteiger partial charge on any atom is 0.147 e. The van der Waals surface area contributed by atoms with Crippen molar-refractivity contribution in [2.45, 2.75) is 19.9 Å². The monoisotopic (exact) mass is 355 g/mol. The summed E-state index contributed by atoms with van der Waals surface area (Å²) < 4.78 is 0. The molecule has 0 aliphatic heterocycles. The van der Waals surface area contributed by atoms with E-state index in [4.69, 9.17) is 0 Å². The lowest BCUT2D eigenvalue weighted by atomic mass is 9.96. The van der Waals surface area contributed by atoms with Gasteiger partial charge in [-0.3, -0.25) is 9.97 Å². The first-order valence-electron chi connectivity index (χ1n) is 8.94. The molecule has 0 fully saturated rings. The summed E-state index contributed by atoms with van der Waals surface area (Å²) in [5.41, 5.74) is 5.88. The summed E-state index contributed by atoms with van der Waals surface area (Å²) in [7, 11) is 0. The number of aromatic nitrogens is 2. The van der Waals surface area contributed by atoms with Gasteiger partial charge in [0.2, 0.25) is 0 Å². The van der Waals surface area contributed by atoms with Crippen LogP contribution in [-0.4, -0.2) is 15.1 Å². The van der Waals surface area contributed by atoms with Crippen molar-refractivity contribution in [1.29, 1.82) is 0 Å². The maximum atomic E-state index is 10.9. The number of hydrogen-bond acceptors (Lipinski definition) is 4. The summed E-state index contributed by atoms with van der Waals surface area (Å²) in [6.07, 6.45) is 5.23. The Hall–Kier alpha value is -3.40. The van der Waals surface area contributed by atoms with E-state index < -0.39 is 0 Å². The lowest BCUT2D eigenvalue weighted by Crippen LogP contribution is -2.13. The van der Waals surface area contributed by atoms with Crippen molar-refractivity contribution in [3.05, 3.63) is 95.4 Å². The lowest BCUT2D eigenvalue weighted by Gasteiger charge is -2.23. The van der Waals surface area contributed by atoms with Crippen LogP contribution < -0.4 is 5.32 Å². The van der Waals surface area contributed by atoms with Gasteiger partial charge >= 0.3 is 0 Å². The number of pyridine rings is 2. The highest BCUT2D eigenvalue weighted by Gasteiger charge is 2.20. The van der Waals surface area contributed by atoms with Gasteiger partial charge in [0.05, 0.1) is 6.04 Å². The zero-order valence-electron chi connectivity index (χ0n) is 15.3. The fraction of sp³-hybridized carbons (Fsp3) is 0.130. The average molecular weight is 355 g/mol. The molecule has 0 aliphatic rings. The number of hydrogen-bond donors (Lipinski definition) is 2. The summed E-state index contributed by atoms with van der Waals surface area (Å²) in [5.74, 6) is 0.200. The second-order valence-corrected chi connectivity index (χ2v) is 6.74. The van der Waals surface area contributed by atoms with Gasteiger partial charge in [-0.15, -0.1) is 0 Å². The Morgan fingerprint density at radius 3 is 2.48 bits per heavy atom. The Morgan fingerprint density at radius 1 is 0.889 bits per heavy atom. The predicted octanol–water partition coefficient (Wildman–Crippen LogP) is 5.15. The molecule has 27 heavy (non-hydrogen) atoms. The second kappa shape index (κ2) is 7.08. The molecule has 0 radical (unpaired) electrons. The van der Waals surface area contributed by atoms with Crippen LogP contribution in [0.15, 0.2) is 73.2 Å². The number of nitrogens with one attached hydrogen (secondary N) is 1. The Bertz CT molecular complexity index is 1090. The van der Waals surface area contributed by atoms with Crippen molar-refractivity contribution in [2.24, 2.45) is 0 Å². The molecule has 4 heteroatoms. The van der Waals surface area contributed by atoms with E-state index >= 15 is 0 Å². The number of anilines is 1. The minimum absolute atomic E-state index is 0.200. The molecule has 134 valence electrons. The quantitative estimate of drug-likeness (QED) is 0.531. The van der Waals surface area contributed by atoms with E-state index in [1.54, 1.807) is 18.6 Å². The van der Waals surface area contributed by atoms with Crippen LogP contribution >= 0.6 is 0 Å². The van der Waals surface area contributed by atoms with Gasteiger partial charge in [0.15, 0.2) is 0 Å². The van der Waals surface area contributed by atoms with Crippen LogP contribution in [-0.2, 0) is 0 Å². The molecule has 0 bridgehead atoms. The molecule has 0 amide bonds. The Labute approximate surface area is 158 Å². The standard InChI is InChI=1S/C23H21N3O/c1-15-5-7-19(14-16(15)2)26-21(18-9-12-24-13-10-18)20-8-6-17-4-3-11-25-22(17)23(20)27/h3-14,21,26-27H,1-2H3/t21-/m1/s1. The van der Waals surface area contributed by atoms with Crippen LogP contribution in [0.25, 0.3) is 10.9 Å². The van der Waals surface area contributed by atoms with Gasteiger partial charge in [-0.1, -0.05) is 24.3 Å². The maximum absolute atomic E-state index is 10.9. The summed E-state index contributed by atoms with van der Waals surface area (Å²) >= 11 is 0. The fourth-order valence-corrected chi connectivity index (χ4v) is 3.27. The SMILES string of the molecule is Cc1ccc(N[C@H](c2ccncc2)c2ccc3cccnc3c2O)cc1C. The highest BCUT2D eigenvalue weighted by molar-refractivity contribution is 5.86. The molecule has 0 saturated heterocycles. The molecule has 4 aromatic rings. The minimum atomic E-state index is -0.221. The lowest BCUT2D eigenvalue weighted by molar-refractivity contribution is 0.472. The summed E-state index contributed by atoms with van der Waals surface area (Å²) in [4.78, 5) is 8.48. The van der Waals surface area contributed by atoms with Crippen molar-refractivity contribution in [3.63, 3.8) is 0 Å². The highest BCUT2D eigenvalue weighted by Crippen LogP contribution is 2.36. The van der Waals surface area contributed by atoms with Crippen LogP contribution in [0.4, 0.5) is 5.69 Å². The molecule has 1 atom stereocenters. The van der Waals surface area contributed by atoms with Crippen LogP contribution in [0.5, 0.6) is 5.75 Å². The van der Waals surface area contributed by atoms with E-state index in [1.165, 1.54) is 11.1 Å². The van der Waals surface area contributed by atoms with Crippen molar-refractivity contribution in [1.82, 2.24) is 9.97 Å². The third-order valence-corrected chi connectivity index (χ3v) is 4.95. The van der Waals surface area contributed by atoms with Crippen LogP contribution in [0.1, 0.15) is 28.3 Å². The molecule has 2 N–H and O–H groups in total. The van der Waals surface area contributed by atoms with E-state index in [9.17, 15) is 5.11 Å². The van der Waals surface area contributed by atoms with Gasteiger partial charge in [0, 0.05) is 35.2 Å². The number of phenolic OH excluding ortho intramolecular Hbond substituents is 1. The third-order valence-electron chi connectivity index (χ3n) is 4.95. The number of aryl methyl sites for hydroxylation is 2. The van der Waals surface area contributed by atoms with E-state index in [1.807, 2.05) is 36.4 Å². The van der Waals surface area contributed by atoms with Crippen molar-refractivity contribution >= 4 is 16.6 Å². The predicted molar refractivity (Wildman–Crippen MR) is 109 cm³/mol. The molecule has 0 spiro atoms. The van der Waals surface area contributed by atoms with Gasteiger partial charge in [0.1, 0.15) is 11.3 Å². The molecule has 4 rings (SSSR count). The average Bonchev–Trinajstić information content (AvgIpc) is 2.70. The van der Waals surface area contributed by atoms with Gasteiger partial charge in [-0.2, -0.15) is 0 Å².